The van der Waals surface area contributed by atoms with Crippen molar-refractivity contribution in [2.24, 2.45) is 0 Å². The van der Waals surface area contributed by atoms with Crippen LogP contribution < -0.4 is 10.2 Å². The Bertz CT molecular complexity index is 1230. The van der Waals surface area contributed by atoms with Gasteiger partial charge in [-0.05, 0) is 38.1 Å². The summed E-state index contributed by atoms with van der Waals surface area (Å²) in [6.07, 6.45) is -9.54. The number of nitrogens with zero attached hydrogens (tertiary/aromatic N) is 2. The van der Waals surface area contributed by atoms with Gasteiger partial charge in [-0.3, -0.25) is 4.79 Å². The van der Waals surface area contributed by atoms with Gasteiger partial charge in [0.05, 0.1) is 22.4 Å². The molecule has 34 heavy (non-hydrogen) atoms. The summed E-state index contributed by atoms with van der Waals surface area (Å²) in [7, 11) is 0. The molecule has 0 fully saturated rings. The molecule has 2 heterocycles. The number of thioether (sulfide) groups is 1. The number of halogens is 6. The van der Waals surface area contributed by atoms with E-state index in [0.717, 1.165) is 35.5 Å². The second-order valence-electron chi connectivity index (χ2n) is 6.98. The molecule has 0 amide bonds. The maximum atomic E-state index is 13.0. The smallest absolute Gasteiger partial charge is 0.416 e. The molecular weight excluding hydrogens is 490 g/mol. The summed E-state index contributed by atoms with van der Waals surface area (Å²) in [6, 6.07) is 3.03. The van der Waals surface area contributed by atoms with Gasteiger partial charge in [0.25, 0.3) is 0 Å². The Balaban J connectivity index is 1.79. The molecule has 0 aliphatic carbocycles. The number of carbonyl (C=O) groups is 1. The quantitative estimate of drug-likeness (QED) is 0.194. The van der Waals surface area contributed by atoms with Gasteiger partial charge in [0, 0.05) is 17.5 Å². The van der Waals surface area contributed by atoms with Crippen molar-refractivity contribution in [2.45, 2.75) is 37.1 Å². The SMILES string of the molecule is Cc1cc(C)nc(SCc2cc(=O)c(OC(=O)c3cc(C(F)(F)F)cc(C(F)(F)F)c3)co2)n1. The summed E-state index contributed by atoms with van der Waals surface area (Å²) in [5, 5.41) is 0.431. The third-order valence-electron chi connectivity index (χ3n) is 4.18. The minimum atomic E-state index is -5.14. The van der Waals surface area contributed by atoms with Crippen LogP contribution in [0, 0.1) is 13.8 Å². The Morgan fingerprint density at radius 2 is 1.50 bits per heavy atom. The van der Waals surface area contributed by atoms with E-state index in [1.807, 2.05) is 0 Å². The van der Waals surface area contributed by atoms with E-state index in [1.165, 1.54) is 0 Å². The molecule has 3 rings (SSSR count). The highest BCUT2D eigenvalue weighted by Gasteiger charge is 2.37. The van der Waals surface area contributed by atoms with Gasteiger partial charge in [0.15, 0.2) is 5.16 Å². The standard InChI is InChI=1S/C21H14F6N2O4S/c1-10-3-11(2)29-19(28-10)34-9-15-7-16(30)17(8-32-15)33-18(31)12-4-13(20(22,23)24)6-14(5-12)21(25,26)27/h3-8H,9H2,1-2H3. The van der Waals surface area contributed by atoms with Gasteiger partial charge in [-0.1, -0.05) is 11.8 Å². The number of hydrogen-bond acceptors (Lipinski definition) is 7. The van der Waals surface area contributed by atoms with Crippen molar-refractivity contribution in [1.82, 2.24) is 9.97 Å². The van der Waals surface area contributed by atoms with Crippen LogP contribution in [0.15, 0.2) is 51.0 Å². The zero-order valence-corrected chi connectivity index (χ0v) is 18.2. The average molecular weight is 504 g/mol. The fraction of sp³-hybridized carbons (Fsp3) is 0.238. The van der Waals surface area contributed by atoms with Gasteiger partial charge in [-0.15, -0.1) is 0 Å². The third-order valence-corrected chi connectivity index (χ3v) is 5.05. The summed E-state index contributed by atoms with van der Waals surface area (Å²) in [6.45, 7) is 3.56. The predicted octanol–water partition coefficient (Wildman–Crippen LogP) is 5.60. The number of carbonyl (C=O) groups excluding carboxylic acids is 1. The van der Waals surface area contributed by atoms with Crippen LogP contribution in [0.4, 0.5) is 26.3 Å². The molecule has 0 aliphatic rings. The molecule has 0 unspecified atom stereocenters. The molecular formula is C21H14F6N2O4S. The highest BCUT2D eigenvalue weighted by atomic mass is 32.2. The molecule has 0 N–H and O–H groups in total. The molecule has 0 saturated heterocycles. The Kier molecular flexibility index (Phi) is 7.05. The summed E-state index contributed by atoms with van der Waals surface area (Å²) < 4.78 is 87.8. The van der Waals surface area contributed by atoms with E-state index in [9.17, 15) is 35.9 Å². The average Bonchev–Trinajstić information content (AvgIpc) is 2.71. The summed E-state index contributed by atoms with van der Waals surface area (Å²) >= 11 is 1.16. The van der Waals surface area contributed by atoms with Crippen molar-refractivity contribution in [1.29, 1.82) is 0 Å². The molecule has 6 nitrogen and oxygen atoms in total. The third kappa shape index (κ3) is 6.37. The summed E-state index contributed by atoms with van der Waals surface area (Å²) in [5.41, 5.74) is -3.80. The van der Waals surface area contributed by atoms with Gasteiger partial charge in [0.1, 0.15) is 12.0 Å². The molecule has 0 atom stereocenters. The van der Waals surface area contributed by atoms with Crippen LogP contribution >= 0.6 is 11.8 Å². The Morgan fingerprint density at radius 3 is 2.00 bits per heavy atom. The van der Waals surface area contributed by atoms with Crippen molar-refractivity contribution < 1.29 is 40.3 Å². The Morgan fingerprint density at radius 1 is 0.941 bits per heavy atom. The highest BCUT2D eigenvalue weighted by Crippen LogP contribution is 2.36. The summed E-state index contributed by atoms with van der Waals surface area (Å²) in [4.78, 5) is 32.9. The van der Waals surface area contributed by atoms with Gasteiger partial charge in [-0.2, -0.15) is 26.3 Å². The Labute approximate surface area is 192 Å². The van der Waals surface area contributed by atoms with Crippen LogP contribution in [0.25, 0.3) is 0 Å². The van der Waals surface area contributed by atoms with E-state index >= 15 is 0 Å². The second kappa shape index (κ2) is 9.49. The van der Waals surface area contributed by atoms with Crippen LogP contribution in [0.3, 0.4) is 0 Å². The lowest BCUT2D eigenvalue weighted by atomic mass is 10.0. The Hall–Kier alpha value is -3.35. The minimum absolute atomic E-state index is 0.128. The van der Waals surface area contributed by atoms with Gasteiger partial charge >= 0.3 is 18.3 Å². The normalized spacial score (nSPS) is 12.0. The molecule has 0 bridgehead atoms. The van der Waals surface area contributed by atoms with Crippen LogP contribution in [0.2, 0.25) is 0 Å². The zero-order chi connectivity index (χ0) is 25.3. The minimum Gasteiger partial charge on any atom is -0.464 e. The van der Waals surface area contributed by atoms with E-state index in [2.05, 4.69) is 9.97 Å². The number of benzene rings is 1. The van der Waals surface area contributed by atoms with Gasteiger partial charge in [-0.25, -0.2) is 14.8 Å². The largest absolute Gasteiger partial charge is 0.464 e. The fourth-order valence-electron chi connectivity index (χ4n) is 2.71. The fourth-order valence-corrected chi connectivity index (χ4v) is 3.55. The number of hydrogen-bond donors (Lipinski definition) is 0. The monoisotopic (exact) mass is 504 g/mol. The lowest BCUT2D eigenvalue weighted by molar-refractivity contribution is -0.143. The van der Waals surface area contributed by atoms with Crippen molar-refractivity contribution in [3.63, 3.8) is 0 Å². The first kappa shape index (κ1) is 25.3. The molecule has 1 aromatic carbocycles. The van der Waals surface area contributed by atoms with Crippen LogP contribution in [0.1, 0.15) is 38.6 Å². The van der Waals surface area contributed by atoms with Gasteiger partial charge < -0.3 is 9.15 Å². The van der Waals surface area contributed by atoms with E-state index in [1.54, 1.807) is 19.9 Å². The molecule has 0 spiro atoms. The molecule has 3 aromatic rings. The highest BCUT2D eigenvalue weighted by molar-refractivity contribution is 7.98. The van der Waals surface area contributed by atoms with Crippen molar-refractivity contribution >= 4 is 17.7 Å². The lowest BCUT2D eigenvalue weighted by Gasteiger charge is -2.13. The van der Waals surface area contributed by atoms with E-state index in [0.29, 0.717) is 5.16 Å². The maximum Gasteiger partial charge on any atom is 0.416 e. The van der Waals surface area contributed by atoms with E-state index in [-0.39, 0.29) is 29.7 Å². The van der Waals surface area contributed by atoms with E-state index in [4.69, 9.17) is 9.15 Å². The molecule has 2 aromatic heterocycles. The first-order valence-corrected chi connectivity index (χ1v) is 10.3. The molecule has 0 saturated carbocycles. The van der Waals surface area contributed by atoms with Gasteiger partial charge in [0.2, 0.25) is 11.2 Å². The maximum absolute atomic E-state index is 13.0. The molecule has 13 heteroatoms. The van der Waals surface area contributed by atoms with Crippen molar-refractivity contribution in [3.05, 3.63) is 80.7 Å². The van der Waals surface area contributed by atoms with E-state index < -0.39 is 46.2 Å². The van der Waals surface area contributed by atoms with Crippen LogP contribution in [-0.2, 0) is 18.1 Å². The number of rotatable bonds is 5. The molecule has 180 valence electrons. The first-order valence-electron chi connectivity index (χ1n) is 9.31. The number of aryl methyl sites for hydroxylation is 2. The number of alkyl halides is 6. The number of ether oxygens (including phenoxy) is 1. The molecule has 0 radical (unpaired) electrons. The zero-order valence-electron chi connectivity index (χ0n) is 17.4. The lowest BCUT2D eigenvalue weighted by Crippen LogP contribution is -2.18. The summed E-state index contributed by atoms with van der Waals surface area (Å²) in [5.74, 6) is -2.01. The van der Waals surface area contributed by atoms with Crippen LogP contribution in [-0.4, -0.2) is 15.9 Å². The van der Waals surface area contributed by atoms with Crippen molar-refractivity contribution in [2.75, 3.05) is 0 Å². The van der Waals surface area contributed by atoms with Crippen LogP contribution in [0.5, 0.6) is 5.75 Å². The number of aromatic nitrogens is 2. The number of esters is 1. The topological polar surface area (TPSA) is 82.3 Å². The molecule has 0 aliphatic heterocycles. The second-order valence-corrected chi connectivity index (χ2v) is 7.92. The first-order chi connectivity index (χ1) is 15.7. The predicted molar refractivity (Wildman–Crippen MR) is 107 cm³/mol. The van der Waals surface area contributed by atoms with Crippen molar-refractivity contribution in [3.8, 4) is 5.75 Å².